The van der Waals surface area contributed by atoms with Crippen LogP contribution in [0, 0.1) is 0 Å². The van der Waals surface area contributed by atoms with Gasteiger partial charge in [-0.25, -0.2) is 4.79 Å². The highest BCUT2D eigenvalue weighted by atomic mass is 35.5. The molecule has 4 N–H and O–H groups in total. The monoisotopic (exact) mass is 272 g/mol. The summed E-state index contributed by atoms with van der Waals surface area (Å²) < 4.78 is 4.78. The van der Waals surface area contributed by atoms with Crippen LogP contribution in [0.5, 0.6) is 0 Å². The lowest BCUT2D eigenvalue weighted by molar-refractivity contribution is -0.139. The van der Waals surface area contributed by atoms with Crippen molar-refractivity contribution in [2.75, 3.05) is 19.0 Å². The fourth-order valence-electron chi connectivity index (χ4n) is 1.38. The van der Waals surface area contributed by atoms with Gasteiger partial charge in [-0.2, -0.15) is 0 Å². The van der Waals surface area contributed by atoms with Crippen LogP contribution in [0.25, 0.3) is 0 Å². The normalized spacial score (nSPS) is 11.9. The van der Waals surface area contributed by atoms with Crippen LogP contribution < -0.4 is 11.1 Å². The number of nitrogens with one attached hydrogen (secondary N) is 1. The number of anilines is 1. The summed E-state index contributed by atoms with van der Waals surface area (Å²) in [6.07, 6.45) is 0. The van der Waals surface area contributed by atoms with Crippen molar-refractivity contribution in [1.82, 2.24) is 0 Å². The summed E-state index contributed by atoms with van der Waals surface area (Å²) in [4.78, 5) is 22.2. The highest BCUT2D eigenvalue weighted by Gasteiger charge is 2.19. The summed E-state index contributed by atoms with van der Waals surface area (Å²) in [5.41, 5.74) is 5.62. The second-order valence-electron chi connectivity index (χ2n) is 3.54. The zero-order valence-electron chi connectivity index (χ0n) is 9.64. The molecule has 0 saturated carbocycles. The lowest BCUT2D eigenvalue weighted by Gasteiger charge is -2.16. The first kappa shape index (κ1) is 14.3. The molecule has 1 rings (SSSR count). The Bertz CT molecular complexity index is 464. The van der Waals surface area contributed by atoms with Crippen LogP contribution in [-0.2, 0) is 9.53 Å². The highest BCUT2D eigenvalue weighted by Crippen LogP contribution is 2.21. The van der Waals surface area contributed by atoms with Crippen molar-refractivity contribution in [2.45, 2.75) is 6.04 Å². The molecule has 0 saturated heterocycles. The van der Waals surface area contributed by atoms with Crippen LogP contribution in [0.4, 0.5) is 5.69 Å². The minimum absolute atomic E-state index is 0.0555. The Morgan fingerprint density at radius 1 is 1.56 bits per heavy atom. The molecule has 0 aliphatic carbocycles. The molecule has 0 aliphatic heterocycles. The maximum Gasteiger partial charge on any atom is 0.328 e. The molecule has 1 aromatic rings. The minimum Gasteiger partial charge on any atom is -0.480 e. The molecule has 1 amide bonds. The second-order valence-corrected chi connectivity index (χ2v) is 3.98. The highest BCUT2D eigenvalue weighted by molar-refractivity contribution is 6.31. The van der Waals surface area contributed by atoms with Gasteiger partial charge in [-0.15, -0.1) is 0 Å². The number of benzene rings is 1. The average Bonchev–Trinajstić information content (AvgIpc) is 2.28. The number of methoxy groups -OCH3 is 1. The maximum absolute atomic E-state index is 11.2. The largest absolute Gasteiger partial charge is 0.480 e. The molecule has 7 heteroatoms. The van der Waals surface area contributed by atoms with Crippen LogP contribution in [-0.4, -0.2) is 36.7 Å². The van der Waals surface area contributed by atoms with Crippen molar-refractivity contribution in [3.8, 4) is 0 Å². The van der Waals surface area contributed by atoms with E-state index in [0.717, 1.165) is 0 Å². The summed E-state index contributed by atoms with van der Waals surface area (Å²) in [7, 11) is 1.38. The van der Waals surface area contributed by atoms with E-state index in [0.29, 0.717) is 5.02 Å². The number of amides is 1. The number of carboxylic acid groups (broad SMARTS) is 1. The number of carbonyl (C=O) groups is 2. The number of carboxylic acids is 1. The molecule has 18 heavy (non-hydrogen) atoms. The van der Waals surface area contributed by atoms with Crippen LogP contribution in [0.2, 0.25) is 5.02 Å². The van der Waals surface area contributed by atoms with Gasteiger partial charge in [0.2, 0.25) is 0 Å². The Kier molecular flexibility index (Phi) is 4.94. The van der Waals surface area contributed by atoms with E-state index in [2.05, 4.69) is 5.32 Å². The smallest absolute Gasteiger partial charge is 0.328 e. The number of rotatable bonds is 6. The molecule has 6 nitrogen and oxygen atoms in total. The van der Waals surface area contributed by atoms with Crippen LogP contribution in [0.3, 0.4) is 0 Å². The molecule has 98 valence electrons. The van der Waals surface area contributed by atoms with E-state index in [1.165, 1.54) is 25.3 Å². The molecule has 0 bridgehead atoms. The molecule has 1 unspecified atom stereocenters. The molecule has 1 aromatic carbocycles. The van der Waals surface area contributed by atoms with Gasteiger partial charge in [-0.3, -0.25) is 4.79 Å². The van der Waals surface area contributed by atoms with Crippen molar-refractivity contribution in [1.29, 1.82) is 0 Å². The summed E-state index contributed by atoms with van der Waals surface area (Å²) in [6, 6.07) is 3.37. The fraction of sp³-hybridized carbons (Fsp3) is 0.273. The summed E-state index contributed by atoms with van der Waals surface area (Å²) in [6.45, 7) is -0.0555. The predicted octanol–water partition coefficient (Wildman–Crippen LogP) is 0.950. The lowest BCUT2D eigenvalue weighted by atomic mass is 10.1. The van der Waals surface area contributed by atoms with E-state index in [1.807, 2.05) is 0 Å². The van der Waals surface area contributed by atoms with E-state index >= 15 is 0 Å². The van der Waals surface area contributed by atoms with Crippen molar-refractivity contribution in [3.05, 3.63) is 28.8 Å². The molecule has 0 aliphatic rings. The van der Waals surface area contributed by atoms with Gasteiger partial charge in [0.05, 0.1) is 12.2 Å². The van der Waals surface area contributed by atoms with Crippen molar-refractivity contribution in [3.63, 3.8) is 0 Å². The Morgan fingerprint density at radius 3 is 2.72 bits per heavy atom. The van der Waals surface area contributed by atoms with E-state index in [4.69, 9.17) is 27.2 Å². The lowest BCUT2D eigenvalue weighted by Crippen LogP contribution is -2.34. The number of hydrogen-bond donors (Lipinski definition) is 3. The predicted molar refractivity (Wildman–Crippen MR) is 66.9 cm³/mol. The quantitative estimate of drug-likeness (QED) is 0.716. The SMILES string of the molecule is COCC(Nc1cc(Cl)ccc1C(N)=O)C(=O)O. The maximum atomic E-state index is 11.2. The molecule has 0 fully saturated rings. The van der Waals surface area contributed by atoms with Crippen molar-refractivity contribution >= 4 is 29.2 Å². The second kappa shape index (κ2) is 6.23. The molecule has 0 aromatic heterocycles. The van der Waals surface area contributed by atoms with Gasteiger partial charge < -0.3 is 20.9 Å². The van der Waals surface area contributed by atoms with E-state index in [9.17, 15) is 9.59 Å². The van der Waals surface area contributed by atoms with Crippen LogP contribution >= 0.6 is 11.6 Å². The molecule has 0 spiro atoms. The van der Waals surface area contributed by atoms with Gasteiger partial charge in [0.25, 0.3) is 5.91 Å². The summed E-state index contributed by atoms with van der Waals surface area (Å²) in [5.74, 6) is -1.78. The first-order valence-corrected chi connectivity index (χ1v) is 5.41. The molecule has 0 radical (unpaired) electrons. The van der Waals surface area contributed by atoms with E-state index < -0.39 is 17.9 Å². The first-order valence-electron chi connectivity index (χ1n) is 5.03. The molecule has 1 atom stereocenters. The standard InChI is InChI=1S/C11H13ClN2O4/c1-18-5-9(11(16)17)14-8-4-6(12)2-3-7(8)10(13)15/h2-4,9,14H,5H2,1H3,(H2,13,15)(H,16,17). The van der Waals surface area contributed by atoms with Gasteiger partial charge >= 0.3 is 5.97 Å². The van der Waals surface area contributed by atoms with Gasteiger partial charge in [0.1, 0.15) is 6.04 Å². The van der Waals surface area contributed by atoms with Crippen molar-refractivity contribution in [2.24, 2.45) is 5.73 Å². The van der Waals surface area contributed by atoms with Crippen LogP contribution in [0.1, 0.15) is 10.4 Å². The first-order chi connectivity index (χ1) is 8.45. The number of aliphatic carboxylic acids is 1. The number of nitrogens with two attached hydrogens (primary N) is 1. The van der Waals surface area contributed by atoms with Gasteiger partial charge in [0.15, 0.2) is 0 Å². The molecular formula is C11H13ClN2O4. The van der Waals surface area contributed by atoms with E-state index in [-0.39, 0.29) is 17.9 Å². The third kappa shape index (κ3) is 3.61. The van der Waals surface area contributed by atoms with Gasteiger partial charge in [-0.1, -0.05) is 11.6 Å². The number of hydrogen-bond acceptors (Lipinski definition) is 4. The third-order valence-electron chi connectivity index (χ3n) is 2.21. The van der Waals surface area contributed by atoms with Gasteiger partial charge in [-0.05, 0) is 18.2 Å². The Labute approximate surface area is 109 Å². The molecular weight excluding hydrogens is 260 g/mol. The Balaban J connectivity index is 3.03. The number of primary amides is 1. The summed E-state index contributed by atoms with van der Waals surface area (Å²) >= 11 is 5.79. The average molecular weight is 273 g/mol. The Hall–Kier alpha value is -1.79. The molecule has 0 heterocycles. The van der Waals surface area contributed by atoms with Crippen molar-refractivity contribution < 1.29 is 19.4 Å². The zero-order chi connectivity index (χ0) is 13.7. The topological polar surface area (TPSA) is 102 Å². The summed E-state index contributed by atoms with van der Waals surface area (Å²) in [5, 5.41) is 12.0. The van der Waals surface area contributed by atoms with Gasteiger partial charge in [0, 0.05) is 17.8 Å². The van der Waals surface area contributed by atoms with Crippen LogP contribution in [0.15, 0.2) is 18.2 Å². The number of ether oxygens (including phenoxy) is 1. The third-order valence-corrected chi connectivity index (χ3v) is 2.44. The number of halogens is 1. The Morgan fingerprint density at radius 2 is 2.22 bits per heavy atom. The fourth-order valence-corrected chi connectivity index (χ4v) is 1.55. The van der Waals surface area contributed by atoms with E-state index in [1.54, 1.807) is 0 Å². The number of carbonyl (C=O) groups excluding carboxylic acids is 1. The zero-order valence-corrected chi connectivity index (χ0v) is 10.4. The minimum atomic E-state index is -1.10.